The number of hydrogen-bond acceptors (Lipinski definition) is 9. The fourth-order valence-electron chi connectivity index (χ4n) is 3.55. The normalized spacial score (nSPS) is 13.1. The van der Waals surface area contributed by atoms with Crippen LogP contribution in [0.2, 0.25) is 0 Å². The van der Waals surface area contributed by atoms with E-state index in [-0.39, 0.29) is 5.29 Å². The third kappa shape index (κ3) is 4.85. The van der Waals surface area contributed by atoms with E-state index in [1.54, 1.807) is 42.3 Å². The van der Waals surface area contributed by atoms with Gasteiger partial charge < -0.3 is 9.47 Å². The fraction of sp³-hybridized carbons (Fsp3) is 0.706. The van der Waals surface area contributed by atoms with Gasteiger partial charge in [-0.1, -0.05) is 0 Å². The van der Waals surface area contributed by atoms with Gasteiger partial charge in [0, 0.05) is 0 Å². The Bertz CT molecular complexity index is 615. The molecule has 0 aromatic carbocycles. The van der Waals surface area contributed by atoms with Crippen molar-refractivity contribution in [3.8, 4) is 0 Å². The van der Waals surface area contributed by atoms with Crippen molar-refractivity contribution < 1.29 is 28.7 Å². The molecular weight excluding hydrogens is 373 g/mol. The van der Waals surface area contributed by atoms with Gasteiger partial charge in [-0.25, -0.2) is 4.79 Å². The van der Waals surface area contributed by atoms with Crippen LogP contribution >= 0.6 is 7.34 Å². The van der Waals surface area contributed by atoms with E-state index < -0.39 is 42.7 Å². The highest BCUT2D eigenvalue weighted by Crippen LogP contribution is 2.56. The van der Waals surface area contributed by atoms with Crippen molar-refractivity contribution in [2.45, 2.75) is 13.8 Å². The Labute approximate surface area is 161 Å². The molecule has 0 aliphatic carbocycles. The summed E-state index contributed by atoms with van der Waals surface area (Å²) in [5, 5.41) is 0.0345. The minimum atomic E-state index is -2.81. The van der Waals surface area contributed by atoms with Gasteiger partial charge in [0.15, 0.2) is 0 Å². The lowest BCUT2D eigenvalue weighted by Crippen LogP contribution is -2.48. The van der Waals surface area contributed by atoms with Gasteiger partial charge >= 0.3 is 11.9 Å². The summed E-state index contributed by atoms with van der Waals surface area (Å²) in [7, 11) is 10.1. The molecule has 9 nitrogen and oxygen atoms in total. The van der Waals surface area contributed by atoms with Crippen LogP contribution in [0.25, 0.3) is 0 Å². The van der Waals surface area contributed by atoms with Gasteiger partial charge in [0.25, 0.3) is 0 Å². The van der Waals surface area contributed by atoms with Gasteiger partial charge in [0.05, 0.1) is 32.8 Å². The first-order valence-electron chi connectivity index (χ1n) is 8.29. The highest BCUT2D eigenvalue weighted by atomic mass is 31.2. The Morgan fingerprint density at radius 3 is 1.30 bits per heavy atom. The van der Waals surface area contributed by atoms with Crippen molar-refractivity contribution in [3.63, 3.8) is 0 Å². The number of carbonyl (C=O) groups excluding carboxylic acids is 4. The summed E-state index contributed by atoms with van der Waals surface area (Å²) in [4.78, 5) is 50.2. The molecule has 0 aliphatic heterocycles. The number of carbonyl (C=O) groups is 4. The minimum Gasteiger partial charge on any atom is -0.469 e. The highest BCUT2D eigenvalue weighted by Gasteiger charge is 2.48. The summed E-state index contributed by atoms with van der Waals surface area (Å²) >= 11 is 0. The summed E-state index contributed by atoms with van der Waals surface area (Å²) in [6.45, 7) is 2.44. The van der Waals surface area contributed by atoms with E-state index in [9.17, 15) is 19.2 Å². The zero-order valence-electron chi connectivity index (χ0n) is 17.9. The molecule has 0 radical (unpaired) electrons. The smallest absolute Gasteiger partial charge is 0.338 e. The highest BCUT2D eigenvalue weighted by molar-refractivity contribution is 7.71. The molecular formula is C17H32N3O6P. The van der Waals surface area contributed by atoms with Crippen molar-refractivity contribution in [1.29, 1.82) is 0 Å². The van der Waals surface area contributed by atoms with Crippen molar-refractivity contribution >= 4 is 36.1 Å². The lowest BCUT2D eigenvalue weighted by molar-refractivity contribution is -0.150. The van der Waals surface area contributed by atoms with E-state index >= 15 is 0 Å². The Morgan fingerprint density at radius 1 is 0.704 bits per heavy atom. The molecule has 0 rings (SSSR count). The SMILES string of the molecule is COC(=O)C(C(C(=O)OC)C(C(C)=O)C(C)=O)=P(N(C)C)(N(C)C)N(C)C. The predicted molar refractivity (Wildman–Crippen MR) is 105 cm³/mol. The van der Waals surface area contributed by atoms with Crippen molar-refractivity contribution in [1.82, 2.24) is 14.0 Å². The molecule has 10 heteroatoms. The second-order valence-electron chi connectivity index (χ2n) is 6.69. The molecule has 0 aromatic heterocycles. The molecule has 1 atom stereocenters. The van der Waals surface area contributed by atoms with Gasteiger partial charge in [0.2, 0.25) is 0 Å². The second-order valence-corrected chi connectivity index (χ2v) is 10.7. The maximum absolute atomic E-state index is 12.9. The van der Waals surface area contributed by atoms with Crippen LogP contribution in [0.4, 0.5) is 0 Å². The van der Waals surface area contributed by atoms with Crippen LogP contribution in [0.5, 0.6) is 0 Å². The molecule has 0 spiro atoms. The quantitative estimate of drug-likeness (QED) is 0.306. The van der Waals surface area contributed by atoms with Gasteiger partial charge in [-0.2, -0.15) is 0 Å². The number of nitrogens with zero attached hydrogens (tertiary/aromatic N) is 3. The van der Waals surface area contributed by atoms with Crippen molar-refractivity contribution in [2.75, 3.05) is 56.5 Å². The number of ether oxygens (including phenoxy) is 2. The summed E-state index contributed by atoms with van der Waals surface area (Å²) in [5.74, 6) is -5.37. The number of Topliss-reactive ketones (excluding diaryl/α,β-unsaturated/α-hetero) is 2. The molecule has 27 heavy (non-hydrogen) atoms. The number of hydrogen-bond donors (Lipinski definition) is 0. The van der Waals surface area contributed by atoms with Gasteiger partial charge in [-0.05, 0) is 56.1 Å². The second kappa shape index (κ2) is 10.1. The molecule has 0 saturated carbocycles. The zero-order valence-corrected chi connectivity index (χ0v) is 18.8. The lowest BCUT2D eigenvalue weighted by atomic mass is 9.83. The number of methoxy groups -OCH3 is 2. The molecule has 0 bridgehead atoms. The van der Waals surface area contributed by atoms with Crippen LogP contribution in [0.15, 0.2) is 0 Å². The summed E-state index contributed by atoms with van der Waals surface area (Å²) in [6, 6.07) is 0. The van der Waals surface area contributed by atoms with Gasteiger partial charge in [-0.3, -0.25) is 28.4 Å². The first kappa shape index (κ1) is 25.5. The molecule has 156 valence electrons. The van der Waals surface area contributed by atoms with Crippen LogP contribution in [-0.2, 0) is 28.7 Å². The summed E-state index contributed by atoms with van der Waals surface area (Å²) < 4.78 is 15.3. The van der Waals surface area contributed by atoms with E-state index in [1.165, 1.54) is 21.0 Å². The molecule has 0 N–H and O–H groups in total. The summed E-state index contributed by atoms with van der Waals surface area (Å²) in [5.41, 5.74) is 0. The average molecular weight is 405 g/mol. The first-order valence-corrected chi connectivity index (χ1v) is 9.93. The number of rotatable bonds is 9. The first-order chi connectivity index (χ1) is 12.3. The Hall–Kier alpha value is -1.54. The maximum Gasteiger partial charge on any atom is 0.338 e. The Morgan fingerprint density at radius 2 is 1.07 bits per heavy atom. The predicted octanol–water partition coefficient (Wildman–Crippen LogP) is 0.363. The third-order valence-corrected chi connectivity index (χ3v) is 8.80. The van der Waals surface area contributed by atoms with Gasteiger partial charge in [0.1, 0.15) is 17.5 Å². The largest absolute Gasteiger partial charge is 0.469 e. The Kier molecular flexibility index (Phi) is 9.55. The molecule has 0 amide bonds. The molecule has 0 fully saturated rings. The zero-order chi connectivity index (χ0) is 21.7. The van der Waals surface area contributed by atoms with Crippen LogP contribution in [0.1, 0.15) is 13.8 Å². The molecule has 1 unspecified atom stereocenters. The van der Waals surface area contributed by atoms with E-state index in [4.69, 9.17) is 9.47 Å². The number of esters is 2. The summed E-state index contributed by atoms with van der Waals surface area (Å²) in [6.07, 6.45) is 0. The van der Waals surface area contributed by atoms with E-state index in [0.717, 1.165) is 7.11 Å². The van der Waals surface area contributed by atoms with Crippen molar-refractivity contribution in [2.24, 2.45) is 11.8 Å². The molecule has 0 aliphatic rings. The van der Waals surface area contributed by atoms with E-state index in [0.29, 0.717) is 0 Å². The standard InChI is InChI=1S/C17H32N3O6P/c1-11(21)13(12(2)22)14(16(23)25-9)15(17(24)26-10)27(18(3)4,19(5)6)20(7)8/h13-14H,1-10H3. The monoisotopic (exact) mass is 405 g/mol. The Balaban J connectivity index is 7.58. The molecule has 0 heterocycles. The number of ketones is 2. The van der Waals surface area contributed by atoms with E-state index in [2.05, 4.69) is 0 Å². The maximum atomic E-state index is 12.9. The minimum absolute atomic E-state index is 0.0345. The van der Waals surface area contributed by atoms with E-state index in [1.807, 2.05) is 14.0 Å². The van der Waals surface area contributed by atoms with Gasteiger partial charge in [-0.15, -0.1) is 0 Å². The van der Waals surface area contributed by atoms with Crippen molar-refractivity contribution in [3.05, 3.63) is 0 Å². The molecule has 0 saturated heterocycles. The average Bonchev–Trinajstić information content (AvgIpc) is 2.54. The fourth-order valence-corrected chi connectivity index (χ4v) is 7.95. The topological polar surface area (TPSA) is 96.5 Å². The van der Waals surface area contributed by atoms with Crippen LogP contribution in [0.3, 0.4) is 0 Å². The van der Waals surface area contributed by atoms with Crippen LogP contribution < -0.4 is 0 Å². The molecule has 0 aromatic rings. The third-order valence-electron chi connectivity index (χ3n) is 4.35. The van der Waals surface area contributed by atoms with Crippen LogP contribution in [0, 0.1) is 11.8 Å². The van der Waals surface area contributed by atoms with Crippen LogP contribution in [-0.4, -0.2) is 99.3 Å². The lowest BCUT2D eigenvalue weighted by Gasteiger charge is -2.46.